The predicted molar refractivity (Wildman–Crippen MR) is 96.7 cm³/mol. The van der Waals surface area contributed by atoms with Gasteiger partial charge in [0.25, 0.3) is 0 Å². The van der Waals surface area contributed by atoms with Crippen molar-refractivity contribution in [2.75, 3.05) is 0 Å². The lowest BCUT2D eigenvalue weighted by Crippen LogP contribution is -2.17. The minimum atomic E-state index is -2.82. The molecular weight excluding hydrogens is 328 g/mol. The summed E-state index contributed by atoms with van der Waals surface area (Å²) in [5, 5.41) is 23.8. The van der Waals surface area contributed by atoms with Crippen molar-refractivity contribution < 1.29 is 14.7 Å². The summed E-state index contributed by atoms with van der Waals surface area (Å²) < 4.78 is 61.5. The Bertz CT molecular complexity index is 1220. The molecule has 1 aliphatic rings. The molecule has 3 atom stereocenters. The lowest BCUT2D eigenvalue weighted by atomic mass is 9.95. The van der Waals surface area contributed by atoms with Gasteiger partial charge in [-0.05, 0) is 30.6 Å². The largest absolute Gasteiger partial charge is 0.376 e. The van der Waals surface area contributed by atoms with Gasteiger partial charge in [0.05, 0.1) is 30.4 Å². The molecule has 134 valence electrons. The highest BCUT2D eigenvalue weighted by atomic mass is 16.3. The Morgan fingerprint density at radius 3 is 3.12 bits per heavy atom. The summed E-state index contributed by atoms with van der Waals surface area (Å²) in [5.74, 6) is -4.06. The molecule has 7 heteroatoms. The summed E-state index contributed by atoms with van der Waals surface area (Å²) in [7, 11) is 0. The summed E-state index contributed by atoms with van der Waals surface area (Å²) in [4.78, 5) is 8.44. The van der Waals surface area contributed by atoms with Crippen LogP contribution in [0.5, 0.6) is 0 Å². The summed E-state index contributed by atoms with van der Waals surface area (Å²) in [6.07, 6.45) is -2.60. The Morgan fingerprint density at radius 1 is 1.50 bits per heavy atom. The molecule has 4 rings (SSSR count). The van der Waals surface area contributed by atoms with Gasteiger partial charge < -0.3 is 9.67 Å². The topological polar surface area (TPSA) is 92.5 Å². The van der Waals surface area contributed by atoms with Crippen molar-refractivity contribution in [3.8, 4) is 17.3 Å². The molecule has 0 amide bonds. The number of rotatable bonds is 5. The first-order valence-corrected chi connectivity index (χ1v) is 8.15. The van der Waals surface area contributed by atoms with Crippen LogP contribution in [0.15, 0.2) is 31.0 Å². The molecule has 0 aliphatic heterocycles. The van der Waals surface area contributed by atoms with Crippen molar-refractivity contribution in [3.63, 3.8) is 0 Å². The maximum absolute atomic E-state index is 9.46. The molecule has 26 heavy (non-hydrogen) atoms. The summed E-state index contributed by atoms with van der Waals surface area (Å²) in [5.41, 5.74) is 1.47. The van der Waals surface area contributed by atoms with Crippen LogP contribution in [0.3, 0.4) is 0 Å². The Hall–Kier alpha value is -2.72. The average molecular weight is 357 g/mol. The number of nitrogens with zero attached hydrogens (tertiary/aromatic N) is 6. The van der Waals surface area contributed by atoms with Gasteiger partial charge in [0.15, 0.2) is 0 Å². The fourth-order valence-electron chi connectivity index (χ4n) is 3.13. The van der Waals surface area contributed by atoms with Gasteiger partial charge in [-0.25, -0.2) is 9.97 Å². The number of hydrogen-bond donors (Lipinski definition) is 1. The minimum absolute atomic E-state index is 0.275. The van der Waals surface area contributed by atoms with E-state index in [1.54, 1.807) is 12.3 Å². The third kappa shape index (κ3) is 2.86. The van der Waals surface area contributed by atoms with Gasteiger partial charge in [-0.3, -0.25) is 4.68 Å². The van der Waals surface area contributed by atoms with Crippen LogP contribution in [0, 0.1) is 23.1 Å². The number of hydrogen-bond acceptors (Lipinski definition) is 5. The molecule has 0 radical (unpaired) electrons. The van der Waals surface area contributed by atoms with E-state index in [-0.39, 0.29) is 13.2 Å². The number of fused-ring (bicyclic) bond motifs is 1. The maximum atomic E-state index is 9.46. The zero-order chi connectivity index (χ0) is 24.4. The lowest BCUT2D eigenvalue weighted by Gasteiger charge is -2.21. The molecule has 0 bridgehead atoms. The summed E-state index contributed by atoms with van der Waals surface area (Å²) in [6.45, 7) is 0.773. The van der Waals surface area contributed by atoms with Gasteiger partial charge in [0.2, 0.25) is 0 Å². The van der Waals surface area contributed by atoms with E-state index < -0.39 is 37.0 Å². The van der Waals surface area contributed by atoms with E-state index in [9.17, 15) is 10.4 Å². The van der Waals surface area contributed by atoms with Gasteiger partial charge >= 0.3 is 0 Å². The number of aliphatic hydroxyl groups is 1. The third-order valence-electron chi connectivity index (χ3n) is 4.40. The Kier molecular flexibility index (Phi) is 2.76. The zero-order valence-electron chi connectivity index (χ0n) is 21.1. The fourth-order valence-corrected chi connectivity index (χ4v) is 3.13. The van der Waals surface area contributed by atoms with Crippen LogP contribution in [0.1, 0.15) is 48.1 Å². The molecule has 0 aromatic carbocycles. The fraction of sp³-hybridized carbons (Fsp3) is 0.474. The Labute approximate surface area is 161 Å². The van der Waals surface area contributed by atoms with Crippen molar-refractivity contribution in [1.82, 2.24) is 24.3 Å². The molecule has 3 aromatic rings. The van der Waals surface area contributed by atoms with Crippen molar-refractivity contribution in [2.45, 2.75) is 45.2 Å². The molecule has 3 heterocycles. The lowest BCUT2D eigenvalue weighted by molar-refractivity contribution is 0.215. The van der Waals surface area contributed by atoms with Crippen LogP contribution in [0.25, 0.3) is 22.3 Å². The van der Waals surface area contributed by atoms with Crippen LogP contribution in [-0.4, -0.2) is 29.4 Å². The second kappa shape index (κ2) is 6.89. The normalized spacial score (nSPS) is 33.7. The zero-order valence-corrected chi connectivity index (χ0v) is 14.1. The molecule has 1 fully saturated rings. The van der Waals surface area contributed by atoms with Crippen LogP contribution in [0.2, 0.25) is 0 Å². The van der Waals surface area contributed by atoms with Gasteiger partial charge in [-0.2, -0.15) is 10.4 Å². The van der Waals surface area contributed by atoms with E-state index in [0.29, 0.717) is 22.3 Å². The van der Waals surface area contributed by atoms with E-state index >= 15 is 0 Å². The molecule has 0 saturated heterocycles. The van der Waals surface area contributed by atoms with Crippen molar-refractivity contribution in [1.29, 1.82) is 5.26 Å². The molecule has 1 aliphatic carbocycles. The number of aromatic nitrogens is 5. The van der Waals surface area contributed by atoms with Gasteiger partial charge in [-0.15, -0.1) is 0 Å². The molecule has 0 spiro atoms. The molecule has 3 aromatic heterocycles. The van der Waals surface area contributed by atoms with Crippen LogP contribution < -0.4 is 0 Å². The highest BCUT2D eigenvalue weighted by Crippen LogP contribution is 2.39. The van der Waals surface area contributed by atoms with E-state index in [1.165, 1.54) is 28.0 Å². The van der Waals surface area contributed by atoms with E-state index in [1.807, 2.05) is 6.07 Å². The first-order chi connectivity index (χ1) is 15.3. The highest BCUT2D eigenvalue weighted by molar-refractivity contribution is 5.90. The van der Waals surface area contributed by atoms with Crippen LogP contribution in [0.4, 0.5) is 0 Å². The molecule has 7 nitrogen and oxygen atoms in total. The van der Waals surface area contributed by atoms with Crippen molar-refractivity contribution in [3.05, 3.63) is 31.0 Å². The first kappa shape index (κ1) is 10.4. The molecule has 2 unspecified atom stereocenters. The average Bonchev–Trinajstić information content (AvgIpc) is 3.40. The Balaban J connectivity index is 1.82. The SMILES string of the molecule is [2H]C1([2H])C([C@@H](CC#N)n2cc(-c3ncnc4c3ccn4CO)cn2)C([2H])([2H])C([2H])(C)C1([2H])[2H]. The molecule has 1 N–H and O–H groups in total. The van der Waals surface area contributed by atoms with E-state index in [0.717, 1.165) is 6.92 Å². The van der Waals surface area contributed by atoms with Crippen molar-refractivity contribution in [2.24, 2.45) is 11.8 Å². The monoisotopic (exact) mass is 357 g/mol. The number of aliphatic hydroxyl groups excluding tert-OH is 1. The minimum Gasteiger partial charge on any atom is -0.376 e. The van der Waals surface area contributed by atoms with Gasteiger partial charge in [-0.1, -0.05) is 13.3 Å². The quantitative estimate of drug-likeness (QED) is 0.757. The van der Waals surface area contributed by atoms with E-state index in [4.69, 9.17) is 9.60 Å². The summed E-state index contributed by atoms with van der Waals surface area (Å²) in [6, 6.07) is 2.48. The molecular formula is C19H22N6O. The number of nitriles is 1. The third-order valence-corrected chi connectivity index (χ3v) is 4.40. The van der Waals surface area contributed by atoms with Crippen LogP contribution >= 0.6 is 0 Å². The smallest absolute Gasteiger partial charge is 0.145 e. The predicted octanol–water partition coefficient (Wildman–Crippen LogP) is 3.14. The maximum Gasteiger partial charge on any atom is 0.145 e. The van der Waals surface area contributed by atoms with Crippen LogP contribution in [-0.2, 0) is 6.73 Å². The second-order valence-corrected chi connectivity index (χ2v) is 6.04. The highest BCUT2D eigenvalue weighted by Gasteiger charge is 2.30. The summed E-state index contributed by atoms with van der Waals surface area (Å²) >= 11 is 0. The second-order valence-electron chi connectivity index (χ2n) is 6.04. The molecule has 1 saturated carbocycles. The standard InChI is InChI=1S/C19H22N6O/c1-13-2-3-14(8-13)17(4-6-20)25-10-15(9-23-25)18-16-5-7-24(12-26)19(16)22-11-21-18/h5,7,9-11,13-14,17,26H,2-4,8,12H2,1H3/t13?,14?,17-/m1/s1/i2D2,3D2,8D2,13D. The van der Waals surface area contributed by atoms with Gasteiger partial charge in [0, 0.05) is 32.9 Å². The van der Waals surface area contributed by atoms with Crippen molar-refractivity contribution >= 4 is 11.0 Å². The van der Waals surface area contributed by atoms with Gasteiger partial charge in [0.1, 0.15) is 18.7 Å². The first-order valence-electron chi connectivity index (χ1n) is 11.6. The Morgan fingerprint density at radius 2 is 2.38 bits per heavy atom. The van der Waals surface area contributed by atoms with E-state index in [2.05, 4.69) is 15.1 Å².